The highest BCUT2D eigenvalue weighted by Gasteiger charge is 2.45. The number of alkyl halides is 6. The number of hydrogen-bond donors (Lipinski definition) is 0. The Morgan fingerprint density at radius 1 is 0.938 bits per heavy atom. The van der Waals surface area contributed by atoms with Crippen molar-refractivity contribution in [3.05, 3.63) is 58.9 Å². The van der Waals surface area contributed by atoms with E-state index in [1.54, 1.807) is 12.1 Å². The zero-order valence-electron chi connectivity index (χ0n) is 16.2. The van der Waals surface area contributed by atoms with E-state index in [1.807, 2.05) is 0 Å². The molecule has 12 heteroatoms. The Balaban J connectivity index is 1.72. The third kappa shape index (κ3) is 5.05. The zero-order valence-corrected chi connectivity index (χ0v) is 17.0. The second-order valence-corrected chi connectivity index (χ2v) is 9.36. The predicted molar refractivity (Wildman–Crippen MR) is 100 cm³/mol. The lowest BCUT2D eigenvalue weighted by Crippen LogP contribution is -2.37. The van der Waals surface area contributed by atoms with Crippen LogP contribution in [0.5, 0.6) is 0 Å². The largest absolute Gasteiger partial charge is 0.497 e. The predicted octanol–water partition coefficient (Wildman–Crippen LogP) is 4.72. The van der Waals surface area contributed by atoms with Crippen molar-refractivity contribution in [2.45, 2.75) is 31.1 Å². The topological polar surface area (TPSA) is 54.5 Å². The van der Waals surface area contributed by atoms with Crippen molar-refractivity contribution < 1.29 is 43.9 Å². The first-order valence-corrected chi connectivity index (χ1v) is 10.9. The molecule has 0 saturated carbocycles. The molecule has 0 spiro atoms. The number of hydrogen-bond acceptors (Lipinski definition) is 3. The van der Waals surface area contributed by atoms with E-state index >= 15 is 0 Å². The van der Waals surface area contributed by atoms with Crippen LogP contribution in [0.25, 0.3) is 11.1 Å². The Labute approximate surface area is 178 Å². The molecular weight excluding hydrogens is 467 g/mol. The fourth-order valence-electron chi connectivity index (χ4n) is 3.37. The van der Waals surface area contributed by atoms with Crippen LogP contribution in [0.15, 0.2) is 36.4 Å². The van der Waals surface area contributed by atoms with E-state index in [0.717, 1.165) is 17.7 Å². The molecule has 0 unspecified atom stereocenters. The van der Waals surface area contributed by atoms with Crippen molar-refractivity contribution in [1.82, 2.24) is 4.90 Å². The molecule has 0 aromatic heterocycles. The Kier molecular flexibility index (Phi) is 6.29. The molecular formula is C20H16F7NO3S. The molecule has 2 aromatic carbocycles. The van der Waals surface area contributed by atoms with Crippen molar-refractivity contribution in [1.29, 1.82) is 0 Å². The Morgan fingerprint density at radius 2 is 1.56 bits per heavy atom. The van der Waals surface area contributed by atoms with E-state index in [2.05, 4.69) is 0 Å². The van der Waals surface area contributed by atoms with E-state index in [0.29, 0.717) is 23.6 Å². The first-order valence-electron chi connectivity index (χ1n) is 9.25. The number of amides is 1. The molecule has 174 valence electrons. The molecule has 2 aromatic rings. The molecule has 3 rings (SSSR count). The second-order valence-electron chi connectivity index (χ2n) is 7.26. The Morgan fingerprint density at radius 3 is 2.16 bits per heavy atom. The summed E-state index contributed by atoms with van der Waals surface area (Å²) in [7, 11) is -5.39. The SMILES string of the molecule is O=C(CCS(=O)(=O)C(F)(F)F)N1CCc2cc(-c3ccc(C(F)(F)F)c(F)c3)ccc2C1. The quantitative estimate of drug-likeness (QED) is 0.592. The fraction of sp³-hybridized carbons (Fsp3) is 0.350. The number of carbonyl (C=O) groups excluding carboxylic acids is 1. The minimum absolute atomic E-state index is 0.0435. The first-order chi connectivity index (χ1) is 14.7. The number of halogens is 7. The fourth-order valence-corrected chi connectivity index (χ4v) is 4.04. The van der Waals surface area contributed by atoms with Crippen LogP contribution in [0.4, 0.5) is 30.7 Å². The van der Waals surface area contributed by atoms with Crippen LogP contribution >= 0.6 is 0 Å². The number of sulfone groups is 1. The van der Waals surface area contributed by atoms with Gasteiger partial charge in [0, 0.05) is 19.5 Å². The normalized spacial score (nSPS) is 14.9. The van der Waals surface area contributed by atoms with Gasteiger partial charge in [0.05, 0.1) is 11.3 Å². The van der Waals surface area contributed by atoms with Gasteiger partial charge < -0.3 is 4.90 Å². The average Bonchev–Trinajstić information content (AvgIpc) is 2.69. The third-order valence-electron chi connectivity index (χ3n) is 5.12. The smallest absolute Gasteiger partial charge is 0.338 e. The highest BCUT2D eigenvalue weighted by atomic mass is 32.2. The molecule has 0 atom stereocenters. The molecule has 1 amide bonds. The highest BCUT2D eigenvalue weighted by molar-refractivity contribution is 7.92. The number of benzene rings is 2. The molecule has 4 nitrogen and oxygen atoms in total. The summed E-state index contributed by atoms with van der Waals surface area (Å²) in [6.07, 6.45) is -5.32. The summed E-state index contributed by atoms with van der Waals surface area (Å²) in [6, 6.07) is 7.35. The number of carbonyl (C=O) groups is 1. The molecule has 0 aliphatic carbocycles. The zero-order chi connectivity index (χ0) is 23.9. The molecule has 0 saturated heterocycles. The second kappa shape index (κ2) is 8.38. The summed E-state index contributed by atoms with van der Waals surface area (Å²) >= 11 is 0. The maximum atomic E-state index is 13.9. The molecule has 32 heavy (non-hydrogen) atoms. The lowest BCUT2D eigenvalue weighted by atomic mass is 9.94. The standard InChI is InChI=1S/C20H16F7NO3S/c21-17-10-13(3-4-16(17)19(22,23)24)12-1-2-15-11-28(7-5-14(15)9-12)18(29)6-8-32(30,31)20(25,26)27/h1-4,9-10H,5-8,11H2. The average molecular weight is 483 g/mol. The number of rotatable bonds is 4. The molecule has 1 heterocycles. The van der Waals surface area contributed by atoms with Gasteiger partial charge in [-0.25, -0.2) is 12.8 Å². The van der Waals surface area contributed by atoms with Gasteiger partial charge in [-0.3, -0.25) is 4.79 Å². The van der Waals surface area contributed by atoms with Crippen molar-refractivity contribution in [2.75, 3.05) is 12.3 Å². The van der Waals surface area contributed by atoms with Gasteiger partial charge in [0.25, 0.3) is 0 Å². The summed E-state index contributed by atoms with van der Waals surface area (Å²) in [5.74, 6) is -3.48. The molecule has 0 N–H and O–H groups in total. The van der Waals surface area contributed by atoms with Gasteiger partial charge in [0.15, 0.2) is 0 Å². The van der Waals surface area contributed by atoms with Crippen LogP contribution < -0.4 is 0 Å². The minimum Gasteiger partial charge on any atom is -0.338 e. The van der Waals surface area contributed by atoms with Crippen molar-refractivity contribution in [3.63, 3.8) is 0 Å². The minimum atomic E-state index is -5.42. The van der Waals surface area contributed by atoms with Gasteiger partial charge in [-0.1, -0.05) is 24.3 Å². The summed E-state index contributed by atoms with van der Waals surface area (Å²) in [6.45, 7) is 0.171. The molecule has 0 radical (unpaired) electrons. The molecule has 1 aliphatic rings. The monoisotopic (exact) mass is 483 g/mol. The first kappa shape index (κ1) is 24.0. The van der Waals surface area contributed by atoms with Gasteiger partial charge in [-0.05, 0) is 40.8 Å². The molecule has 0 fully saturated rings. The Hall–Kier alpha value is -2.63. The van der Waals surface area contributed by atoms with Gasteiger partial charge in [-0.2, -0.15) is 26.3 Å². The lowest BCUT2D eigenvalue weighted by Gasteiger charge is -2.29. The summed E-state index contributed by atoms with van der Waals surface area (Å²) < 4.78 is 112. The van der Waals surface area contributed by atoms with Crippen LogP contribution in [-0.2, 0) is 33.8 Å². The van der Waals surface area contributed by atoms with Crippen molar-refractivity contribution in [2.24, 2.45) is 0 Å². The van der Waals surface area contributed by atoms with E-state index in [9.17, 15) is 43.9 Å². The van der Waals surface area contributed by atoms with Crippen LogP contribution in [0, 0.1) is 5.82 Å². The van der Waals surface area contributed by atoms with E-state index < -0.39 is 51.0 Å². The van der Waals surface area contributed by atoms with E-state index in [1.165, 1.54) is 11.0 Å². The lowest BCUT2D eigenvalue weighted by molar-refractivity contribution is -0.140. The van der Waals surface area contributed by atoms with Gasteiger partial charge in [-0.15, -0.1) is 0 Å². The van der Waals surface area contributed by atoms with Gasteiger partial charge >= 0.3 is 11.7 Å². The van der Waals surface area contributed by atoms with E-state index in [4.69, 9.17) is 0 Å². The molecule has 1 aliphatic heterocycles. The van der Waals surface area contributed by atoms with Crippen LogP contribution in [0.3, 0.4) is 0 Å². The maximum Gasteiger partial charge on any atom is 0.497 e. The van der Waals surface area contributed by atoms with Crippen molar-refractivity contribution >= 4 is 15.7 Å². The third-order valence-corrected chi connectivity index (χ3v) is 6.56. The number of nitrogens with zero attached hydrogens (tertiary/aromatic N) is 1. The highest BCUT2D eigenvalue weighted by Crippen LogP contribution is 2.34. The maximum absolute atomic E-state index is 13.9. The summed E-state index contributed by atoms with van der Waals surface area (Å²) in [5, 5.41) is 0. The van der Waals surface area contributed by atoms with Crippen LogP contribution in [-0.4, -0.2) is 37.0 Å². The number of fused-ring (bicyclic) bond motifs is 1. The van der Waals surface area contributed by atoms with Crippen LogP contribution in [0.1, 0.15) is 23.1 Å². The van der Waals surface area contributed by atoms with Gasteiger partial charge in [0.1, 0.15) is 5.82 Å². The molecule has 0 bridgehead atoms. The van der Waals surface area contributed by atoms with Crippen molar-refractivity contribution in [3.8, 4) is 11.1 Å². The van der Waals surface area contributed by atoms with Crippen LogP contribution in [0.2, 0.25) is 0 Å². The van der Waals surface area contributed by atoms with E-state index in [-0.39, 0.29) is 18.7 Å². The Bertz CT molecular complexity index is 1140. The van der Waals surface area contributed by atoms with Gasteiger partial charge in [0.2, 0.25) is 15.7 Å². The summed E-state index contributed by atoms with van der Waals surface area (Å²) in [4.78, 5) is 13.4. The summed E-state index contributed by atoms with van der Waals surface area (Å²) in [5.41, 5.74) is -4.70.